The van der Waals surface area contributed by atoms with Gasteiger partial charge in [0.2, 0.25) is 0 Å². The molecule has 0 atom stereocenters. The molecule has 92 valence electrons. The number of halogens is 3. The first-order valence-electron chi connectivity index (χ1n) is 4.96. The van der Waals surface area contributed by atoms with Crippen LogP contribution in [0.3, 0.4) is 0 Å². The molecule has 1 aromatic rings. The molecular formula is C12H11F3O2. The summed E-state index contributed by atoms with van der Waals surface area (Å²) in [6, 6.07) is 0.406. The second-order valence-corrected chi connectivity index (χ2v) is 3.52. The molecule has 0 aliphatic rings. The summed E-state index contributed by atoms with van der Waals surface area (Å²) in [5.74, 6) is -4.64. The van der Waals surface area contributed by atoms with E-state index in [9.17, 15) is 18.0 Å². The molecule has 2 nitrogen and oxygen atoms in total. The van der Waals surface area contributed by atoms with Gasteiger partial charge in [0.1, 0.15) is 5.82 Å². The summed E-state index contributed by atoms with van der Waals surface area (Å²) in [7, 11) is 0. The fourth-order valence-corrected chi connectivity index (χ4v) is 1.40. The van der Waals surface area contributed by atoms with Gasteiger partial charge in [0.15, 0.2) is 11.6 Å². The quantitative estimate of drug-likeness (QED) is 0.654. The first-order valence-corrected chi connectivity index (χ1v) is 4.96. The summed E-state index contributed by atoms with van der Waals surface area (Å²) in [5.41, 5.74) is -0.546. The first-order chi connectivity index (χ1) is 7.88. The molecule has 0 spiro atoms. The highest BCUT2D eigenvalue weighted by Crippen LogP contribution is 2.22. The van der Waals surface area contributed by atoms with Gasteiger partial charge in [0.25, 0.3) is 0 Å². The van der Waals surface area contributed by atoms with Crippen molar-refractivity contribution in [3.05, 3.63) is 40.2 Å². The van der Waals surface area contributed by atoms with Crippen LogP contribution in [-0.2, 0) is 4.79 Å². The number of carbonyl (C=O) groups is 1. The zero-order valence-corrected chi connectivity index (χ0v) is 9.35. The third kappa shape index (κ3) is 2.67. The Morgan fingerprint density at radius 3 is 2.41 bits per heavy atom. The van der Waals surface area contributed by atoms with Gasteiger partial charge in [0.05, 0.1) is 0 Å². The van der Waals surface area contributed by atoms with Crippen molar-refractivity contribution in [1.29, 1.82) is 0 Å². The maximum Gasteiger partial charge on any atom is 0.331 e. The Kier molecular flexibility index (Phi) is 3.93. The molecule has 0 fully saturated rings. The predicted molar refractivity (Wildman–Crippen MR) is 57.0 cm³/mol. The summed E-state index contributed by atoms with van der Waals surface area (Å²) in [4.78, 5) is 10.8. The zero-order chi connectivity index (χ0) is 13.2. The Balaban J connectivity index is 3.42. The van der Waals surface area contributed by atoms with Gasteiger partial charge in [0, 0.05) is 17.2 Å². The van der Waals surface area contributed by atoms with Gasteiger partial charge >= 0.3 is 5.97 Å². The highest BCUT2D eigenvalue weighted by Gasteiger charge is 2.15. The Bertz CT molecular complexity index is 493. The molecule has 0 aromatic heterocycles. The van der Waals surface area contributed by atoms with Crippen molar-refractivity contribution in [2.45, 2.75) is 20.3 Å². The summed E-state index contributed by atoms with van der Waals surface area (Å²) in [6.45, 7) is 2.77. The second kappa shape index (κ2) is 5.03. The van der Waals surface area contributed by atoms with Gasteiger partial charge in [-0.05, 0) is 25.0 Å². The standard InChI is InChI=1S/C12H11F3O2/c1-3-7(12(16)17)4-8-6(2)11(15)10(14)5-9(8)13/h4-5H,3H2,1-2H3,(H,16,17)/b7-4+. The number of rotatable bonds is 3. The van der Waals surface area contributed by atoms with Crippen molar-refractivity contribution in [2.24, 2.45) is 0 Å². The molecule has 0 saturated carbocycles. The van der Waals surface area contributed by atoms with E-state index >= 15 is 0 Å². The Morgan fingerprint density at radius 2 is 1.94 bits per heavy atom. The number of benzene rings is 1. The van der Waals surface area contributed by atoms with Crippen LogP contribution in [0, 0.1) is 24.4 Å². The van der Waals surface area contributed by atoms with Crippen LogP contribution in [0.1, 0.15) is 24.5 Å². The fourth-order valence-electron chi connectivity index (χ4n) is 1.40. The van der Waals surface area contributed by atoms with E-state index in [-0.39, 0.29) is 23.1 Å². The second-order valence-electron chi connectivity index (χ2n) is 3.52. The van der Waals surface area contributed by atoms with E-state index in [2.05, 4.69) is 0 Å². The van der Waals surface area contributed by atoms with E-state index in [4.69, 9.17) is 5.11 Å². The van der Waals surface area contributed by atoms with Crippen molar-refractivity contribution in [1.82, 2.24) is 0 Å². The smallest absolute Gasteiger partial charge is 0.331 e. The summed E-state index contributed by atoms with van der Waals surface area (Å²) >= 11 is 0. The van der Waals surface area contributed by atoms with Gasteiger partial charge in [-0.25, -0.2) is 18.0 Å². The molecule has 0 aliphatic carbocycles. The Hall–Kier alpha value is -1.78. The molecule has 5 heteroatoms. The minimum atomic E-state index is -1.29. The Morgan fingerprint density at radius 1 is 1.35 bits per heavy atom. The minimum Gasteiger partial charge on any atom is -0.478 e. The number of hydrogen-bond acceptors (Lipinski definition) is 1. The lowest BCUT2D eigenvalue weighted by Gasteiger charge is -2.06. The van der Waals surface area contributed by atoms with Crippen molar-refractivity contribution in [3.8, 4) is 0 Å². The van der Waals surface area contributed by atoms with E-state index in [0.29, 0.717) is 6.07 Å². The molecule has 0 heterocycles. The van der Waals surface area contributed by atoms with Crippen LogP contribution in [0.2, 0.25) is 0 Å². The van der Waals surface area contributed by atoms with Crippen molar-refractivity contribution in [3.63, 3.8) is 0 Å². The lowest BCUT2D eigenvalue weighted by atomic mass is 10.0. The molecule has 1 N–H and O–H groups in total. The summed E-state index contributed by atoms with van der Waals surface area (Å²) in [6.07, 6.45) is 1.18. The average Bonchev–Trinajstić information content (AvgIpc) is 2.26. The van der Waals surface area contributed by atoms with Gasteiger partial charge in [-0.15, -0.1) is 0 Å². The van der Waals surface area contributed by atoms with E-state index in [0.717, 1.165) is 6.08 Å². The van der Waals surface area contributed by atoms with Gasteiger partial charge in [-0.2, -0.15) is 0 Å². The van der Waals surface area contributed by atoms with E-state index in [1.807, 2.05) is 0 Å². The fraction of sp³-hybridized carbons (Fsp3) is 0.250. The first kappa shape index (κ1) is 13.3. The van der Waals surface area contributed by atoms with E-state index in [1.165, 1.54) is 6.92 Å². The zero-order valence-electron chi connectivity index (χ0n) is 9.35. The van der Waals surface area contributed by atoms with Crippen LogP contribution in [0.25, 0.3) is 6.08 Å². The van der Waals surface area contributed by atoms with Crippen LogP contribution >= 0.6 is 0 Å². The molecule has 17 heavy (non-hydrogen) atoms. The monoisotopic (exact) mass is 244 g/mol. The third-order valence-electron chi connectivity index (χ3n) is 2.43. The van der Waals surface area contributed by atoms with Crippen molar-refractivity contribution in [2.75, 3.05) is 0 Å². The van der Waals surface area contributed by atoms with E-state index in [1.54, 1.807) is 6.92 Å². The van der Waals surface area contributed by atoms with Crippen LogP contribution in [0.4, 0.5) is 13.2 Å². The predicted octanol–water partition coefficient (Wildman–Crippen LogP) is 3.29. The SMILES string of the molecule is CC/C(=C\c1c(F)cc(F)c(F)c1C)C(=O)O. The highest BCUT2D eigenvalue weighted by molar-refractivity contribution is 5.92. The largest absolute Gasteiger partial charge is 0.478 e. The molecular weight excluding hydrogens is 233 g/mol. The number of aliphatic carboxylic acids is 1. The lowest BCUT2D eigenvalue weighted by Crippen LogP contribution is -2.02. The van der Waals surface area contributed by atoms with Crippen LogP contribution in [0.5, 0.6) is 0 Å². The van der Waals surface area contributed by atoms with Gasteiger partial charge < -0.3 is 5.11 Å². The van der Waals surface area contributed by atoms with Crippen LogP contribution in [0.15, 0.2) is 11.6 Å². The van der Waals surface area contributed by atoms with E-state index < -0.39 is 23.4 Å². The highest BCUT2D eigenvalue weighted by atomic mass is 19.2. The molecule has 0 radical (unpaired) electrons. The molecule has 1 rings (SSSR count). The van der Waals surface area contributed by atoms with Crippen LogP contribution < -0.4 is 0 Å². The van der Waals surface area contributed by atoms with Crippen LogP contribution in [-0.4, -0.2) is 11.1 Å². The molecule has 0 saturated heterocycles. The van der Waals surface area contributed by atoms with Crippen molar-refractivity contribution < 1.29 is 23.1 Å². The normalized spacial score (nSPS) is 11.7. The third-order valence-corrected chi connectivity index (χ3v) is 2.43. The Labute approximate surface area is 96.4 Å². The average molecular weight is 244 g/mol. The molecule has 1 aromatic carbocycles. The molecule has 0 bridgehead atoms. The number of carboxylic acid groups (broad SMARTS) is 1. The van der Waals surface area contributed by atoms with Gasteiger partial charge in [-0.1, -0.05) is 6.92 Å². The maximum absolute atomic E-state index is 13.4. The molecule has 0 unspecified atom stereocenters. The topological polar surface area (TPSA) is 37.3 Å². The molecule has 0 aliphatic heterocycles. The number of hydrogen-bond donors (Lipinski definition) is 1. The summed E-state index contributed by atoms with van der Waals surface area (Å²) in [5, 5.41) is 8.78. The number of carboxylic acids is 1. The lowest BCUT2D eigenvalue weighted by molar-refractivity contribution is -0.132. The minimum absolute atomic E-state index is 0.0713. The van der Waals surface area contributed by atoms with Gasteiger partial charge in [-0.3, -0.25) is 0 Å². The summed E-state index contributed by atoms with van der Waals surface area (Å²) < 4.78 is 39.5. The maximum atomic E-state index is 13.4. The van der Waals surface area contributed by atoms with Crippen molar-refractivity contribution >= 4 is 12.0 Å². The molecule has 0 amide bonds.